The molecule has 0 aliphatic carbocycles. The number of hydrogen-bond acceptors (Lipinski definition) is 4. The number of thiophene rings is 1. The zero-order valence-electron chi connectivity index (χ0n) is 15.8. The van der Waals surface area contributed by atoms with Gasteiger partial charge in [-0.2, -0.15) is 4.31 Å². The summed E-state index contributed by atoms with van der Waals surface area (Å²) in [7, 11) is -3.31. The molecule has 0 saturated heterocycles. The second kappa shape index (κ2) is 10.0. The standard InChI is InChI=1S/C20H27NO4S2/c1-3-4-6-16-8-10-17(11-9-16)15-21(27(2,24)25)14-5-7-18-12-13-19(26-18)20(22)23/h8-13H,3-7,14-15H2,1-2H3,(H,22,23). The Balaban J connectivity index is 1.93. The third-order valence-corrected chi connectivity index (χ3v) is 6.76. The lowest BCUT2D eigenvalue weighted by atomic mass is 10.1. The molecule has 5 nitrogen and oxygen atoms in total. The quantitative estimate of drug-likeness (QED) is 0.604. The summed E-state index contributed by atoms with van der Waals surface area (Å²) in [5, 5.41) is 8.97. The van der Waals surface area contributed by atoms with Gasteiger partial charge in [-0.3, -0.25) is 0 Å². The predicted molar refractivity (Wildman–Crippen MR) is 110 cm³/mol. The lowest BCUT2D eigenvalue weighted by molar-refractivity contribution is 0.0702. The van der Waals surface area contributed by atoms with E-state index in [0.29, 0.717) is 30.8 Å². The van der Waals surface area contributed by atoms with E-state index in [1.165, 1.54) is 27.5 Å². The van der Waals surface area contributed by atoms with Gasteiger partial charge in [0.1, 0.15) is 4.88 Å². The Morgan fingerprint density at radius 2 is 1.70 bits per heavy atom. The minimum absolute atomic E-state index is 0.313. The van der Waals surface area contributed by atoms with Crippen molar-refractivity contribution in [2.24, 2.45) is 0 Å². The van der Waals surface area contributed by atoms with E-state index in [9.17, 15) is 13.2 Å². The molecule has 1 N–H and O–H groups in total. The number of carboxylic acid groups (broad SMARTS) is 1. The summed E-state index contributed by atoms with van der Waals surface area (Å²) in [6, 6.07) is 11.5. The molecule has 2 aromatic rings. The number of carboxylic acids is 1. The molecule has 1 aromatic carbocycles. The molecule has 0 atom stereocenters. The van der Waals surface area contributed by atoms with Crippen molar-refractivity contribution < 1.29 is 18.3 Å². The molecule has 148 valence electrons. The number of unbranched alkanes of at least 4 members (excludes halogenated alkanes) is 1. The van der Waals surface area contributed by atoms with Gasteiger partial charge < -0.3 is 5.11 Å². The van der Waals surface area contributed by atoms with Crippen LogP contribution in [0.3, 0.4) is 0 Å². The van der Waals surface area contributed by atoms with E-state index in [1.54, 1.807) is 12.1 Å². The minimum Gasteiger partial charge on any atom is -0.477 e. The first-order valence-corrected chi connectivity index (χ1v) is 11.8. The maximum absolute atomic E-state index is 12.1. The molecule has 2 rings (SSSR count). The summed E-state index contributed by atoms with van der Waals surface area (Å²) in [5.41, 5.74) is 2.25. The summed E-state index contributed by atoms with van der Waals surface area (Å²) in [6.07, 6.45) is 5.91. The van der Waals surface area contributed by atoms with Crippen LogP contribution in [0.15, 0.2) is 36.4 Å². The van der Waals surface area contributed by atoms with Gasteiger partial charge in [-0.25, -0.2) is 13.2 Å². The second-order valence-corrected chi connectivity index (χ2v) is 9.84. The number of aryl methyl sites for hydroxylation is 2. The Labute approximate surface area is 165 Å². The molecule has 1 aromatic heterocycles. The van der Waals surface area contributed by atoms with Crippen LogP contribution in [0.25, 0.3) is 0 Å². The SMILES string of the molecule is CCCCc1ccc(CN(CCCc2ccc(C(=O)O)s2)S(C)(=O)=O)cc1. The van der Waals surface area contributed by atoms with Gasteiger partial charge >= 0.3 is 5.97 Å². The number of sulfonamides is 1. The highest BCUT2D eigenvalue weighted by molar-refractivity contribution is 7.88. The molecule has 1 heterocycles. The summed E-state index contributed by atoms with van der Waals surface area (Å²) in [5.74, 6) is -0.925. The summed E-state index contributed by atoms with van der Waals surface area (Å²) in [6.45, 7) is 2.94. The van der Waals surface area contributed by atoms with E-state index in [1.807, 2.05) is 12.1 Å². The number of hydrogen-bond donors (Lipinski definition) is 1. The highest BCUT2D eigenvalue weighted by Crippen LogP contribution is 2.19. The van der Waals surface area contributed by atoms with Crippen LogP contribution in [0.5, 0.6) is 0 Å². The van der Waals surface area contributed by atoms with Crippen LogP contribution in [-0.2, 0) is 29.4 Å². The number of aromatic carboxylic acids is 1. The Morgan fingerprint density at radius 3 is 2.26 bits per heavy atom. The predicted octanol–water partition coefficient (Wildman–Crippen LogP) is 4.18. The number of rotatable bonds is 11. The fourth-order valence-corrected chi connectivity index (χ4v) is 4.55. The van der Waals surface area contributed by atoms with Crippen LogP contribution in [0.4, 0.5) is 0 Å². The fraction of sp³-hybridized carbons (Fsp3) is 0.450. The Morgan fingerprint density at radius 1 is 1.04 bits per heavy atom. The number of carbonyl (C=O) groups is 1. The highest BCUT2D eigenvalue weighted by Gasteiger charge is 2.17. The third kappa shape index (κ3) is 7.08. The first kappa shape index (κ1) is 21.6. The molecular formula is C20H27NO4S2. The Bertz CT molecular complexity index is 841. The topological polar surface area (TPSA) is 74.7 Å². The molecule has 0 aliphatic heterocycles. The molecule has 7 heteroatoms. The van der Waals surface area contributed by atoms with Gasteiger partial charge in [-0.05, 0) is 48.9 Å². The summed E-state index contributed by atoms with van der Waals surface area (Å²) in [4.78, 5) is 12.2. The zero-order valence-corrected chi connectivity index (χ0v) is 17.5. The van der Waals surface area contributed by atoms with Crippen LogP contribution in [0, 0.1) is 0 Å². The smallest absolute Gasteiger partial charge is 0.345 e. The molecule has 0 aliphatic rings. The Hall–Kier alpha value is -1.70. The normalized spacial score (nSPS) is 11.8. The van der Waals surface area contributed by atoms with Gasteiger partial charge in [-0.15, -0.1) is 11.3 Å². The van der Waals surface area contributed by atoms with E-state index in [0.717, 1.165) is 29.7 Å². The van der Waals surface area contributed by atoms with Crippen molar-refractivity contribution in [2.45, 2.75) is 45.6 Å². The van der Waals surface area contributed by atoms with Crippen molar-refractivity contribution in [3.8, 4) is 0 Å². The van der Waals surface area contributed by atoms with Crippen molar-refractivity contribution in [3.05, 3.63) is 57.3 Å². The average molecular weight is 410 g/mol. The van der Waals surface area contributed by atoms with E-state index in [4.69, 9.17) is 5.11 Å². The van der Waals surface area contributed by atoms with Crippen LogP contribution in [-0.4, -0.2) is 36.6 Å². The molecule has 0 radical (unpaired) electrons. The van der Waals surface area contributed by atoms with E-state index < -0.39 is 16.0 Å². The van der Waals surface area contributed by atoms with Crippen LogP contribution in [0.1, 0.15) is 51.9 Å². The molecular weight excluding hydrogens is 382 g/mol. The zero-order chi connectivity index (χ0) is 19.9. The third-order valence-electron chi connectivity index (χ3n) is 4.37. The molecule has 0 fully saturated rings. The van der Waals surface area contributed by atoms with Crippen molar-refractivity contribution in [2.75, 3.05) is 12.8 Å². The van der Waals surface area contributed by atoms with Crippen molar-refractivity contribution in [1.29, 1.82) is 0 Å². The first-order valence-electron chi connectivity index (χ1n) is 9.14. The number of nitrogens with zero attached hydrogens (tertiary/aromatic N) is 1. The van der Waals surface area contributed by atoms with E-state index in [2.05, 4.69) is 19.1 Å². The molecule has 0 amide bonds. The van der Waals surface area contributed by atoms with Crippen molar-refractivity contribution in [3.63, 3.8) is 0 Å². The Kier molecular flexibility index (Phi) is 8.01. The number of benzene rings is 1. The lowest BCUT2D eigenvalue weighted by Gasteiger charge is -2.20. The largest absolute Gasteiger partial charge is 0.477 e. The van der Waals surface area contributed by atoms with Gasteiger partial charge in [0, 0.05) is 18.0 Å². The highest BCUT2D eigenvalue weighted by atomic mass is 32.2. The van der Waals surface area contributed by atoms with Crippen molar-refractivity contribution in [1.82, 2.24) is 4.31 Å². The average Bonchev–Trinajstić information content (AvgIpc) is 3.08. The van der Waals surface area contributed by atoms with Gasteiger partial charge in [-0.1, -0.05) is 37.6 Å². The molecule has 0 saturated carbocycles. The lowest BCUT2D eigenvalue weighted by Crippen LogP contribution is -2.30. The van der Waals surface area contributed by atoms with Crippen molar-refractivity contribution >= 4 is 27.3 Å². The van der Waals surface area contributed by atoms with Gasteiger partial charge in [0.2, 0.25) is 10.0 Å². The van der Waals surface area contributed by atoms with E-state index in [-0.39, 0.29) is 0 Å². The van der Waals surface area contributed by atoms with E-state index >= 15 is 0 Å². The van der Waals surface area contributed by atoms with Crippen LogP contribution < -0.4 is 0 Å². The maximum atomic E-state index is 12.1. The first-order chi connectivity index (χ1) is 12.8. The molecule has 0 bridgehead atoms. The fourth-order valence-electron chi connectivity index (χ4n) is 2.81. The molecule has 0 unspecified atom stereocenters. The summed E-state index contributed by atoms with van der Waals surface area (Å²) >= 11 is 1.24. The second-order valence-electron chi connectivity index (χ2n) is 6.69. The maximum Gasteiger partial charge on any atom is 0.345 e. The monoisotopic (exact) mass is 409 g/mol. The summed E-state index contributed by atoms with van der Waals surface area (Å²) < 4.78 is 25.7. The van der Waals surface area contributed by atoms with Crippen LogP contribution >= 0.6 is 11.3 Å². The van der Waals surface area contributed by atoms with Crippen LogP contribution in [0.2, 0.25) is 0 Å². The van der Waals surface area contributed by atoms with Gasteiger partial charge in [0.05, 0.1) is 6.26 Å². The van der Waals surface area contributed by atoms with Gasteiger partial charge in [0.15, 0.2) is 0 Å². The molecule has 27 heavy (non-hydrogen) atoms. The minimum atomic E-state index is -3.31. The molecule has 0 spiro atoms. The van der Waals surface area contributed by atoms with Gasteiger partial charge in [0.25, 0.3) is 0 Å².